The number of fused-ring (bicyclic) bond motifs is 7. The quantitative estimate of drug-likeness (QED) is 0.168. The molecule has 0 saturated carbocycles. The highest BCUT2D eigenvalue weighted by Crippen LogP contribution is 2.39. The molecule has 3 nitrogen and oxygen atoms in total. The van der Waals surface area contributed by atoms with E-state index < -0.39 is 0 Å². The molecule has 2 heterocycles. The van der Waals surface area contributed by atoms with Gasteiger partial charge in [0, 0.05) is 33.2 Å². The molecule has 0 unspecified atom stereocenters. The monoisotopic (exact) mass is 775 g/mol. The molecule has 0 aliphatic rings. The van der Waals surface area contributed by atoms with Crippen molar-refractivity contribution in [3.63, 3.8) is 0 Å². The standard InChI is InChI=1S/C58H37N3/c1-3-12-39(13-4-1)53-37-54(40-14-5-2-6-15-40)60-58(59-53)41-25-29-50(30-26-41)61-55-18-10-9-17-52(55)57-51-31-27-48(36-49(51)28-32-56(57)61)47-24-23-45-34-44(21-22-46(45)35-47)43-20-19-38-11-7-8-16-42(38)33-43/h1-37H. The third-order valence-electron chi connectivity index (χ3n) is 12.2. The van der Waals surface area contributed by atoms with E-state index in [9.17, 15) is 0 Å². The summed E-state index contributed by atoms with van der Waals surface area (Å²) in [6.45, 7) is 0. The molecule has 0 bridgehead atoms. The van der Waals surface area contributed by atoms with Gasteiger partial charge in [0.25, 0.3) is 0 Å². The predicted octanol–water partition coefficient (Wildman–Crippen LogP) is 15.4. The zero-order chi connectivity index (χ0) is 40.3. The van der Waals surface area contributed by atoms with Crippen molar-refractivity contribution in [2.24, 2.45) is 0 Å². The minimum atomic E-state index is 0.702. The Morgan fingerprint density at radius 3 is 1.39 bits per heavy atom. The van der Waals surface area contributed by atoms with Gasteiger partial charge in [-0.15, -0.1) is 0 Å². The summed E-state index contributed by atoms with van der Waals surface area (Å²) in [4.78, 5) is 10.1. The molecule has 284 valence electrons. The van der Waals surface area contributed by atoms with Crippen LogP contribution in [0.25, 0.3) is 116 Å². The Morgan fingerprint density at radius 2 is 0.754 bits per heavy atom. The van der Waals surface area contributed by atoms with Crippen LogP contribution in [0.4, 0.5) is 0 Å². The lowest BCUT2D eigenvalue weighted by molar-refractivity contribution is 1.16. The summed E-state index contributed by atoms with van der Waals surface area (Å²) >= 11 is 0. The average molecular weight is 776 g/mol. The summed E-state index contributed by atoms with van der Waals surface area (Å²) in [6.07, 6.45) is 0. The Labute approximate surface area is 353 Å². The number of aromatic nitrogens is 3. The van der Waals surface area contributed by atoms with E-state index in [1.807, 2.05) is 12.1 Å². The molecule has 12 aromatic rings. The van der Waals surface area contributed by atoms with Gasteiger partial charge in [-0.25, -0.2) is 9.97 Å². The second-order valence-electron chi connectivity index (χ2n) is 15.8. The predicted molar refractivity (Wildman–Crippen MR) is 256 cm³/mol. The number of nitrogens with zero attached hydrogens (tertiary/aromatic N) is 3. The molecule has 0 N–H and O–H groups in total. The van der Waals surface area contributed by atoms with E-state index in [1.165, 1.54) is 76.4 Å². The van der Waals surface area contributed by atoms with Crippen LogP contribution in [-0.4, -0.2) is 14.5 Å². The van der Waals surface area contributed by atoms with E-state index in [-0.39, 0.29) is 0 Å². The Balaban J connectivity index is 0.904. The molecular weight excluding hydrogens is 739 g/mol. The molecule has 0 spiro atoms. The minimum absolute atomic E-state index is 0.702. The van der Waals surface area contributed by atoms with Gasteiger partial charge in [-0.05, 0) is 121 Å². The topological polar surface area (TPSA) is 30.7 Å². The van der Waals surface area contributed by atoms with Gasteiger partial charge in [0.15, 0.2) is 5.82 Å². The molecule has 2 aromatic heterocycles. The molecule has 0 amide bonds. The zero-order valence-corrected chi connectivity index (χ0v) is 33.2. The molecule has 10 aromatic carbocycles. The van der Waals surface area contributed by atoms with E-state index in [0.717, 1.165) is 33.8 Å². The number of benzene rings is 10. The Morgan fingerprint density at radius 1 is 0.279 bits per heavy atom. The van der Waals surface area contributed by atoms with Crippen molar-refractivity contribution in [3.8, 4) is 61.8 Å². The van der Waals surface area contributed by atoms with Gasteiger partial charge in [0.2, 0.25) is 0 Å². The van der Waals surface area contributed by atoms with Crippen molar-refractivity contribution in [3.05, 3.63) is 224 Å². The molecular formula is C58H37N3. The van der Waals surface area contributed by atoms with Crippen LogP contribution in [0.3, 0.4) is 0 Å². The molecule has 61 heavy (non-hydrogen) atoms. The minimum Gasteiger partial charge on any atom is -0.309 e. The van der Waals surface area contributed by atoms with Crippen LogP contribution in [0.1, 0.15) is 0 Å². The van der Waals surface area contributed by atoms with Crippen molar-refractivity contribution in [1.29, 1.82) is 0 Å². The van der Waals surface area contributed by atoms with Crippen LogP contribution in [0.2, 0.25) is 0 Å². The largest absolute Gasteiger partial charge is 0.309 e. The fraction of sp³-hybridized carbons (Fsp3) is 0. The first-order valence-electron chi connectivity index (χ1n) is 20.8. The molecule has 0 radical (unpaired) electrons. The van der Waals surface area contributed by atoms with Crippen molar-refractivity contribution < 1.29 is 0 Å². The van der Waals surface area contributed by atoms with Gasteiger partial charge in [-0.1, -0.05) is 158 Å². The number of para-hydroxylation sites is 1. The first kappa shape index (κ1) is 34.9. The summed E-state index contributed by atoms with van der Waals surface area (Å²) in [6, 6.07) is 80.6. The van der Waals surface area contributed by atoms with Crippen molar-refractivity contribution >= 4 is 54.1 Å². The highest BCUT2D eigenvalue weighted by Gasteiger charge is 2.17. The Hall–Kier alpha value is -8.14. The molecule has 0 saturated heterocycles. The number of hydrogen-bond acceptors (Lipinski definition) is 2. The second kappa shape index (κ2) is 14.3. The van der Waals surface area contributed by atoms with E-state index in [0.29, 0.717) is 5.82 Å². The summed E-state index contributed by atoms with van der Waals surface area (Å²) in [5, 5.41) is 9.96. The summed E-state index contributed by atoms with van der Waals surface area (Å²) in [5.41, 5.74) is 13.2. The molecule has 3 heteroatoms. The SMILES string of the molecule is c1ccc(-c2cc(-c3ccccc3)nc(-c3ccc(-n4c5ccccc5c5c6ccc(-c7ccc8cc(-c9ccc%10ccccc%10c9)ccc8c7)cc6ccc54)cc3)n2)cc1. The van der Waals surface area contributed by atoms with Crippen molar-refractivity contribution in [1.82, 2.24) is 14.5 Å². The van der Waals surface area contributed by atoms with E-state index >= 15 is 0 Å². The first-order chi connectivity index (χ1) is 30.2. The van der Waals surface area contributed by atoms with Crippen molar-refractivity contribution in [2.45, 2.75) is 0 Å². The number of rotatable bonds is 6. The summed E-state index contributed by atoms with van der Waals surface area (Å²) in [7, 11) is 0. The van der Waals surface area contributed by atoms with Gasteiger partial charge in [-0.3, -0.25) is 0 Å². The van der Waals surface area contributed by atoms with E-state index in [2.05, 4.69) is 217 Å². The van der Waals surface area contributed by atoms with Crippen LogP contribution in [0.5, 0.6) is 0 Å². The third-order valence-corrected chi connectivity index (χ3v) is 12.2. The summed E-state index contributed by atoms with van der Waals surface area (Å²) < 4.78 is 2.38. The lowest BCUT2D eigenvalue weighted by Gasteiger charge is -2.12. The zero-order valence-electron chi connectivity index (χ0n) is 33.2. The van der Waals surface area contributed by atoms with Gasteiger partial charge in [-0.2, -0.15) is 0 Å². The second-order valence-corrected chi connectivity index (χ2v) is 15.8. The fourth-order valence-electron chi connectivity index (χ4n) is 9.08. The fourth-order valence-corrected chi connectivity index (χ4v) is 9.08. The highest BCUT2D eigenvalue weighted by atomic mass is 15.0. The van der Waals surface area contributed by atoms with Crippen molar-refractivity contribution in [2.75, 3.05) is 0 Å². The average Bonchev–Trinajstić information content (AvgIpc) is 3.68. The maximum Gasteiger partial charge on any atom is 0.160 e. The lowest BCUT2D eigenvalue weighted by atomic mass is 9.95. The van der Waals surface area contributed by atoms with Gasteiger partial charge in [0.05, 0.1) is 22.4 Å². The van der Waals surface area contributed by atoms with Gasteiger partial charge in [0.1, 0.15) is 0 Å². The third kappa shape index (κ3) is 6.14. The maximum absolute atomic E-state index is 5.07. The molecule has 0 aliphatic carbocycles. The van der Waals surface area contributed by atoms with E-state index in [4.69, 9.17) is 9.97 Å². The number of hydrogen-bond donors (Lipinski definition) is 0. The molecule has 0 fully saturated rings. The first-order valence-corrected chi connectivity index (χ1v) is 20.8. The Kier molecular flexibility index (Phi) is 8.17. The molecule has 0 aliphatic heterocycles. The van der Waals surface area contributed by atoms with Crippen LogP contribution in [-0.2, 0) is 0 Å². The van der Waals surface area contributed by atoms with Crippen LogP contribution >= 0.6 is 0 Å². The summed E-state index contributed by atoms with van der Waals surface area (Å²) in [5.74, 6) is 0.702. The maximum atomic E-state index is 5.07. The van der Waals surface area contributed by atoms with Crippen LogP contribution in [0.15, 0.2) is 224 Å². The smallest absolute Gasteiger partial charge is 0.160 e. The van der Waals surface area contributed by atoms with Crippen LogP contribution in [0, 0.1) is 0 Å². The highest BCUT2D eigenvalue weighted by molar-refractivity contribution is 6.21. The molecule has 12 rings (SSSR count). The Bertz CT molecular complexity index is 3570. The van der Waals surface area contributed by atoms with Crippen LogP contribution < -0.4 is 0 Å². The van der Waals surface area contributed by atoms with E-state index in [1.54, 1.807) is 0 Å². The van der Waals surface area contributed by atoms with Gasteiger partial charge >= 0.3 is 0 Å². The van der Waals surface area contributed by atoms with Gasteiger partial charge < -0.3 is 4.57 Å². The molecule has 0 atom stereocenters. The lowest BCUT2D eigenvalue weighted by Crippen LogP contribution is -1.97. The normalized spacial score (nSPS) is 11.6.